The SMILES string of the molecule is COc1ccc(CN2CCOC[C@H]2COc2cc(C#N)cc([N+](=O)[O-])c2Cl)c(OC)c1. The number of hydrogen-bond donors (Lipinski definition) is 0. The van der Waals surface area contributed by atoms with Crippen LogP contribution in [0.4, 0.5) is 5.69 Å². The van der Waals surface area contributed by atoms with Gasteiger partial charge < -0.3 is 18.9 Å². The number of ether oxygens (including phenoxy) is 4. The molecule has 1 aliphatic heterocycles. The Kier molecular flexibility index (Phi) is 7.52. The zero-order valence-electron chi connectivity index (χ0n) is 17.2. The Morgan fingerprint density at radius 1 is 1.29 bits per heavy atom. The predicted octanol–water partition coefficient (Wildman–Crippen LogP) is 3.42. The van der Waals surface area contributed by atoms with E-state index >= 15 is 0 Å². The molecule has 0 saturated carbocycles. The van der Waals surface area contributed by atoms with Gasteiger partial charge in [-0.2, -0.15) is 5.26 Å². The molecule has 0 spiro atoms. The van der Waals surface area contributed by atoms with E-state index in [1.54, 1.807) is 14.2 Å². The zero-order valence-corrected chi connectivity index (χ0v) is 17.9. The lowest BCUT2D eigenvalue weighted by Crippen LogP contribution is -2.48. The first-order valence-corrected chi connectivity index (χ1v) is 9.88. The minimum Gasteiger partial charge on any atom is -0.497 e. The average molecular weight is 448 g/mol. The van der Waals surface area contributed by atoms with Gasteiger partial charge in [0, 0.05) is 30.8 Å². The summed E-state index contributed by atoms with van der Waals surface area (Å²) in [6.45, 7) is 2.46. The van der Waals surface area contributed by atoms with Gasteiger partial charge in [-0.25, -0.2) is 0 Å². The third kappa shape index (κ3) is 5.35. The molecule has 3 rings (SSSR count). The lowest BCUT2D eigenvalue weighted by atomic mass is 10.1. The van der Waals surface area contributed by atoms with Crippen molar-refractivity contribution in [2.24, 2.45) is 0 Å². The van der Waals surface area contributed by atoms with E-state index in [0.29, 0.717) is 37.8 Å². The van der Waals surface area contributed by atoms with Gasteiger partial charge in [0.15, 0.2) is 5.02 Å². The van der Waals surface area contributed by atoms with Crippen LogP contribution in [0.15, 0.2) is 30.3 Å². The molecule has 0 aliphatic carbocycles. The molecule has 164 valence electrons. The molecular weight excluding hydrogens is 426 g/mol. The molecule has 10 heteroatoms. The van der Waals surface area contributed by atoms with E-state index in [4.69, 9.17) is 35.8 Å². The molecule has 1 fully saturated rings. The van der Waals surface area contributed by atoms with Gasteiger partial charge in [0.1, 0.15) is 23.9 Å². The third-order valence-electron chi connectivity index (χ3n) is 4.99. The van der Waals surface area contributed by atoms with Gasteiger partial charge >= 0.3 is 0 Å². The van der Waals surface area contributed by atoms with Gasteiger partial charge in [-0.15, -0.1) is 0 Å². The fourth-order valence-corrected chi connectivity index (χ4v) is 3.56. The van der Waals surface area contributed by atoms with Gasteiger partial charge in [-0.05, 0) is 12.1 Å². The molecule has 0 amide bonds. The van der Waals surface area contributed by atoms with Crippen molar-refractivity contribution in [2.45, 2.75) is 12.6 Å². The van der Waals surface area contributed by atoms with E-state index in [-0.39, 0.29) is 34.7 Å². The Hall–Kier alpha value is -3.06. The van der Waals surface area contributed by atoms with Gasteiger partial charge in [0.25, 0.3) is 5.69 Å². The van der Waals surface area contributed by atoms with E-state index in [2.05, 4.69) is 4.90 Å². The second kappa shape index (κ2) is 10.3. The van der Waals surface area contributed by atoms with Crippen LogP contribution in [0.25, 0.3) is 0 Å². The molecule has 0 aromatic heterocycles. The second-order valence-electron chi connectivity index (χ2n) is 6.86. The molecule has 0 N–H and O–H groups in total. The number of nitriles is 1. The first kappa shape index (κ1) is 22.6. The Morgan fingerprint density at radius 2 is 2.10 bits per heavy atom. The van der Waals surface area contributed by atoms with Crippen molar-refractivity contribution >= 4 is 17.3 Å². The van der Waals surface area contributed by atoms with E-state index in [1.165, 1.54) is 6.07 Å². The molecule has 9 nitrogen and oxygen atoms in total. The zero-order chi connectivity index (χ0) is 22.4. The normalized spacial score (nSPS) is 16.4. The standard InChI is InChI=1S/C21H22ClN3O6/c1-28-17-4-3-15(19(9-17)29-2)11-24-5-6-30-12-16(24)13-31-20-8-14(10-23)7-18(21(20)22)25(26)27/h3-4,7-9,16H,5-6,11-13H2,1-2H3/t16-/m0/s1. The predicted molar refractivity (Wildman–Crippen MR) is 113 cm³/mol. The summed E-state index contributed by atoms with van der Waals surface area (Å²) in [6.07, 6.45) is 0. The Bertz CT molecular complexity index is 994. The van der Waals surface area contributed by atoms with Crippen molar-refractivity contribution < 1.29 is 23.9 Å². The number of nitro benzene ring substituents is 1. The van der Waals surface area contributed by atoms with Gasteiger partial charge in [0.05, 0.1) is 50.0 Å². The van der Waals surface area contributed by atoms with Crippen LogP contribution in [-0.2, 0) is 11.3 Å². The number of methoxy groups -OCH3 is 2. The lowest BCUT2D eigenvalue weighted by molar-refractivity contribution is -0.384. The number of rotatable bonds is 8. The van der Waals surface area contributed by atoms with Crippen molar-refractivity contribution in [2.75, 3.05) is 40.6 Å². The van der Waals surface area contributed by atoms with E-state index in [1.807, 2.05) is 24.3 Å². The number of morpholine rings is 1. The average Bonchev–Trinajstić information content (AvgIpc) is 2.79. The molecule has 0 radical (unpaired) electrons. The number of nitrogens with zero attached hydrogens (tertiary/aromatic N) is 3. The Labute approximate surface area is 184 Å². The van der Waals surface area contributed by atoms with Gasteiger partial charge in [0.2, 0.25) is 0 Å². The second-order valence-corrected chi connectivity index (χ2v) is 7.24. The smallest absolute Gasteiger partial charge is 0.293 e. The highest BCUT2D eigenvalue weighted by Gasteiger charge is 2.26. The highest BCUT2D eigenvalue weighted by atomic mass is 35.5. The highest BCUT2D eigenvalue weighted by molar-refractivity contribution is 6.34. The van der Waals surface area contributed by atoms with Crippen LogP contribution in [0.2, 0.25) is 5.02 Å². The molecule has 2 aromatic rings. The molecule has 0 unspecified atom stereocenters. The number of hydrogen-bond acceptors (Lipinski definition) is 8. The molecule has 1 aliphatic rings. The maximum Gasteiger partial charge on any atom is 0.293 e. The monoisotopic (exact) mass is 447 g/mol. The maximum absolute atomic E-state index is 11.2. The van der Waals surface area contributed by atoms with E-state index < -0.39 is 4.92 Å². The molecule has 1 heterocycles. The van der Waals surface area contributed by atoms with E-state index in [0.717, 1.165) is 11.6 Å². The summed E-state index contributed by atoms with van der Waals surface area (Å²) >= 11 is 6.14. The number of benzene rings is 2. The molecule has 31 heavy (non-hydrogen) atoms. The maximum atomic E-state index is 11.2. The number of nitro groups is 1. The first-order valence-electron chi connectivity index (χ1n) is 9.50. The van der Waals surface area contributed by atoms with Crippen molar-refractivity contribution in [1.82, 2.24) is 4.90 Å². The van der Waals surface area contributed by atoms with Crippen LogP contribution < -0.4 is 14.2 Å². The largest absolute Gasteiger partial charge is 0.497 e. The topological polar surface area (TPSA) is 107 Å². The fourth-order valence-electron chi connectivity index (χ4n) is 3.32. The summed E-state index contributed by atoms with van der Waals surface area (Å²) in [6, 6.07) is 9.93. The minimum absolute atomic E-state index is 0.0972. The van der Waals surface area contributed by atoms with Crippen LogP contribution in [0.5, 0.6) is 17.2 Å². The molecule has 2 aromatic carbocycles. The van der Waals surface area contributed by atoms with Gasteiger partial charge in [-0.1, -0.05) is 17.7 Å². The molecule has 1 saturated heterocycles. The third-order valence-corrected chi connectivity index (χ3v) is 5.37. The van der Waals surface area contributed by atoms with Crippen molar-refractivity contribution in [1.29, 1.82) is 5.26 Å². The quantitative estimate of drug-likeness (QED) is 0.447. The molecule has 1 atom stereocenters. The minimum atomic E-state index is -0.637. The van der Waals surface area contributed by atoms with Crippen LogP contribution in [0, 0.1) is 21.4 Å². The Morgan fingerprint density at radius 3 is 2.77 bits per heavy atom. The lowest BCUT2D eigenvalue weighted by Gasteiger charge is -2.35. The summed E-state index contributed by atoms with van der Waals surface area (Å²) in [5.41, 5.74) is 0.719. The molecule has 0 bridgehead atoms. The molecular formula is C21H22ClN3O6. The van der Waals surface area contributed by atoms with E-state index in [9.17, 15) is 10.1 Å². The van der Waals surface area contributed by atoms with Crippen LogP contribution >= 0.6 is 11.6 Å². The first-order chi connectivity index (χ1) is 15.0. The fraction of sp³-hybridized carbons (Fsp3) is 0.381. The van der Waals surface area contributed by atoms with Crippen molar-refractivity contribution in [3.05, 3.63) is 56.6 Å². The van der Waals surface area contributed by atoms with Crippen molar-refractivity contribution in [3.63, 3.8) is 0 Å². The summed E-state index contributed by atoms with van der Waals surface area (Å²) in [5.74, 6) is 1.52. The summed E-state index contributed by atoms with van der Waals surface area (Å²) < 4.78 is 22.2. The van der Waals surface area contributed by atoms with Crippen LogP contribution in [0.3, 0.4) is 0 Å². The highest BCUT2D eigenvalue weighted by Crippen LogP contribution is 2.35. The van der Waals surface area contributed by atoms with Crippen molar-refractivity contribution in [3.8, 4) is 23.3 Å². The summed E-state index contributed by atoms with van der Waals surface area (Å²) in [7, 11) is 3.20. The number of halogens is 1. The van der Waals surface area contributed by atoms with Crippen LogP contribution in [-0.4, -0.2) is 56.5 Å². The van der Waals surface area contributed by atoms with Gasteiger partial charge in [-0.3, -0.25) is 15.0 Å². The van der Waals surface area contributed by atoms with Crippen LogP contribution in [0.1, 0.15) is 11.1 Å². The Balaban J connectivity index is 1.76. The summed E-state index contributed by atoms with van der Waals surface area (Å²) in [5, 5.41) is 20.2. The summed E-state index contributed by atoms with van der Waals surface area (Å²) in [4.78, 5) is 12.8.